The van der Waals surface area contributed by atoms with Crippen LogP contribution in [0.1, 0.15) is 9.59 Å². The molecule has 5 aromatic rings. The summed E-state index contributed by atoms with van der Waals surface area (Å²) in [6, 6.07) is 14.4. The maximum Gasteiger partial charge on any atom is 0.286 e. The van der Waals surface area contributed by atoms with E-state index in [1.54, 1.807) is 35.2 Å². The second-order valence-corrected chi connectivity index (χ2v) is 6.38. The summed E-state index contributed by atoms with van der Waals surface area (Å²) in [5.41, 5.74) is 2.55. The molecule has 29 heavy (non-hydrogen) atoms. The Morgan fingerprint density at radius 1 is 0.828 bits per heavy atom. The van der Waals surface area contributed by atoms with Gasteiger partial charge in [-0.3, -0.25) is 9.59 Å². The van der Waals surface area contributed by atoms with Crippen LogP contribution in [0.15, 0.2) is 61.2 Å². The van der Waals surface area contributed by atoms with Crippen molar-refractivity contribution in [2.24, 2.45) is 0 Å². The number of fused-ring (bicyclic) bond motifs is 2. The molecule has 0 amide bonds. The van der Waals surface area contributed by atoms with E-state index >= 15 is 0 Å². The molecule has 3 aromatic heterocycles. The predicted octanol–water partition coefficient (Wildman–Crippen LogP) is 0.341. The number of hydrogen-bond donors (Lipinski definition) is 0. The third kappa shape index (κ3) is 3.04. The van der Waals surface area contributed by atoms with E-state index in [0.717, 1.165) is 0 Å². The fraction of sp³-hybridized carbons (Fsp3) is 0.111. The molecule has 0 radical (unpaired) electrons. The average Bonchev–Trinajstić information content (AvgIpc) is 3.45. The van der Waals surface area contributed by atoms with Gasteiger partial charge in [0.15, 0.2) is 13.1 Å². The first-order chi connectivity index (χ1) is 14.2. The molecule has 0 bridgehead atoms. The molecule has 0 saturated heterocycles. The third-order valence-corrected chi connectivity index (χ3v) is 4.42. The molecule has 11 heteroatoms. The number of nitrogens with zero attached hydrogens (tertiary/aromatic N) is 9. The summed E-state index contributed by atoms with van der Waals surface area (Å²) in [5.74, 6) is -0.556. The van der Waals surface area contributed by atoms with Gasteiger partial charge in [0.05, 0.1) is 11.0 Å². The van der Waals surface area contributed by atoms with Crippen LogP contribution in [0, 0.1) is 0 Å². The van der Waals surface area contributed by atoms with Gasteiger partial charge >= 0.3 is 0 Å². The first-order valence-corrected chi connectivity index (χ1v) is 8.78. The smallest absolute Gasteiger partial charge is 0.269 e. The zero-order chi connectivity index (χ0) is 19.8. The number of benzene rings is 2. The molecule has 0 saturated carbocycles. The van der Waals surface area contributed by atoms with Gasteiger partial charge in [0, 0.05) is 5.10 Å². The summed E-state index contributed by atoms with van der Waals surface area (Å²) in [6.07, 6.45) is 3.05. The number of para-hydroxylation sites is 2. The van der Waals surface area contributed by atoms with Gasteiger partial charge in [-0.25, -0.2) is 4.57 Å². The van der Waals surface area contributed by atoms with E-state index in [9.17, 15) is 9.59 Å². The van der Waals surface area contributed by atoms with Crippen LogP contribution in [0.5, 0.6) is 0 Å². The highest BCUT2D eigenvalue weighted by Crippen LogP contribution is 2.10. The topological polar surface area (TPSA) is 117 Å². The first-order valence-electron chi connectivity index (χ1n) is 8.78. The second kappa shape index (κ2) is 6.71. The zero-order valence-corrected chi connectivity index (χ0v) is 15.0. The second-order valence-electron chi connectivity index (χ2n) is 6.38. The molecule has 3 heterocycles. The van der Waals surface area contributed by atoms with Crippen molar-refractivity contribution in [2.45, 2.75) is 13.1 Å². The largest absolute Gasteiger partial charge is 0.286 e. The number of carbonyl (C=O) groups is 2. The van der Waals surface area contributed by atoms with E-state index in [0.29, 0.717) is 22.1 Å². The fourth-order valence-electron chi connectivity index (χ4n) is 3.06. The lowest BCUT2D eigenvalue weighted by atomic mass is 10.3. The minimum atomic E-state index is -0.289. The highest BCUT2D eigenvalue weighted by molar-refractivity contribution is 5.89. The van der Waals surface area contributed by atoms with Gasteiger partial charge in [0.2, 0.25) is 6.33 Å². The van der Waals surface area contributed by atoms with E-state index in [1.165, 1.54) is 20.4 Å². The van der Waals surface area contributed by atoms with Crippen molar-refractivity contribution in [3.8, 4) is 0 Å². The van der Waals surface area contributed by atoms with Crippen molar-refractivity contribution in [3.63, 3.8) is 0 Å². The highest BCUT2D eigenvalue weighted by atomic mass is 16.2. The van der Waals surface area contributed by atoms with Crippen molar-refractivity contribution in [2.75, 3.05) is 0 Å². The lowest BCUT2D eigenvalue weighted by molar-refractivity contribution is -0.684. The van der Waals surface area contributed by atoms with Crippen LogP contribution in [0.2, 0.25) is 0 Å². The highest BCUT2D eigenvalue weighted by Gasteiger charge is 2.19. The Hall–Kier alpha value is -4.28. The summed E-state index contributed by atoms with van der Waals surface area (Å²) in [5, 5.41) is 19.9. The summed E-state index contributed by atoms with van der Waals surface area (Å²) < 4.78 is 5.51. The lowest BCUT2D eigenvalue weighted by Gasteiger charge is -1.99. The normalized spacial score (nSPS) is 11.3. The van der Waals surface area contributed by atoms with Gasteiger partial charge in [-0.05, 0) is 24.3 Å². The Bertz CT molecular complexity index is 1260. The standard InChI is InChI=1S/C18H14N9O2/c28-17(26-15-7-3-1-5-13(15)20-22-26)9-24-11-19-25(12-24)10-18(29)27-16-8-4-2-6-14(16)21-23-27/h1-8,11-12H,9-10H2/q+1. The van der Waals surface area contributed by atoms with Gasteiger partial charge in [0.1, 0.15) is 11.0 Å². The van der Waals surface area contributed by atoms with Crippen LogP contribution < -0.4 is 4.57 Å². The van der Waals surface area contributed by atoms with Crippen molar-refractivity contribution in [1.82, 2.24) is 39.8 Å². The molecule has 0 aliphatic heterocycles. The molecular weight excluding hydrogens is 374 g/mol. The van der Waals surface area contributed by atoms with Crippen LogP contribution in [-0.4, -0.2) is 51.6 Å². The molecule has 0 fully saturated rings. The summed E-state index contributed by atoms with van der Waals surface area (Å²) in [7, 11) is 0. The van der Waals surface area contributed by atoms with Crippen LogP contribution in [0.25, 0.3) is 22.1 Å². The minimum Gasteiger partial charge on any atom is -0.269 e. The molecule has 0 atom stereocenters. The van der Waals surface area contributed by atoms with Crippen LogP contribution in [0.4, 0.5) is 0 Å². The number of aromatic nitrogens is 9. The summed E-state index contributed by atoms with van der Waals surface area (Å²) in [6.45, 7) is -0.0331. The summed E-state index contributed by atoms with van der Waals surface area (Å²) >= 11 is 0. The molecule has 11 nitrogen and oxygen atoms in total. The van der Waals surface area contributed by atoms with E-state index in [1.807, 2.05) is 24.3 Å². The van der Waals surface area contributed by atoms with Crippen LogP contribution >= 0.6 is 0 Å². The molecule has 0 aliphatic rings. The number of carbonyl (C=O) groups excluding carboxylic acids is 2. The van der Waals surface area contributed by atoms with Crippen LogP contribution in [-0.2, 0) is 13.1 Å². The number of rotatable bonds is 4. The maximum atomic E-state index is 12.6. The summed E-state index contributed by atoms with van der Waals surface area (Å²) in [4.78, 5) is 25.1. The van der Waals surface area contributed by atoms with Gasteiger partial charge in [-0.15, -0.1) is 14.9 Å². The Labute approximate surface area is 162 Å². The molecular formula is C18H14N9O2+. The molecule has 0 spiro atoms. The Morgan fingerprint density at radius 2 is 1.41 bits per heavy atom. The Morgan fingerprint density at radius 3 is 2.07 bits per heavy atom. The van der Waals surface area contributed by atoms with E-state index in [-0.39, 0.29) is 24.9 Å². The molecule has 5 rings (SSSR count). The predicted molar refractivity (Wildman–Crippen MR) is 98.7 cm³/mol. The van der Waals surface area contributed by atoms with E-state index in [4.69, 9.17) is 0 Å². The van der Waals surface area contributed by atoms with E-state index < -0.39 is 0 Å². The average molecular weight is 388 g/mol. The zero-order valence-electron chi connectivity index (χ0n) is 15.0. The third-order valence-electron chi connectivity index (χ3n) is 4.42. The molecule has 0 aliphatic carbocycles. The minimum absolute atomic E-state index is 0.00774. The van der Waals surface area contributed by atoms with Crippen molar-refractivity contribution >= 4 is 33.9 Å². The van der Waals surface area contributed by atoms with Gasteiger partial charge in [0.25, 0.3) is 18.1 Å². The van der Waals surface area contributed by atoms with Crippen molar-refractivity contribution in [1.29, 1.82) is 0 Å². The van der Waals surface area contributed by atoms with Gasteiger partial charge in [-0.2, -0.15) is 9.36 Å². The van der Waals surface area contributed by atoms with Crippen LogP contribution in [0.3, 0.4) is 0 Å². The SMILES string of the molecule is O=C(Cn1c[n+](CC(=O)n2nnc3ccccc32)cn1)n1nnc2ccccc21. The Kier molecular flexibility index (Phi) is 3.90. The van der Waals surface area contributed by atoms with Gasteiger partial charge < -0.3 is 0 Å². The monoisotopic (exact) mass is 388 g/mol. The lowest BCUT2D eigenvalue weighted by Crippen LogP contribution is -2.38. The van der Waals surface area contributed by atoms with E-state index in [2.05, 4.69) is 25.7 Å². The Balaban J connectivity index is 1.32. The quantitative estimate of drug-likeness (QED) is 0.408. The van der Waals surface area contributed by atoms with Gasteiger partial charge in [-0.1, -0.05) is 34.7 Å². The first kappa shape index (κ1) is 16.9. The molecule has 2 aromatic carbocycles. The molecule has 0 unspecified atom stereocenters. The van der Waals surface area contributed by atoms with Crippen molar-refractivity contribution in [3.05, 3.63) is 61.2 Å². The molecule has 142 valence electrons. The van der Waals surface area contributed by atoms with Crippen molar-refractivity contribution < 1.29 is 14.2 Å². The fourth-order valence-corrected chi connectivity index (χ4v) is 3.06. The maximum absolute atomic E-state index is 12.6. The number of hydrogen-bond acceptors (Lipinski definition) is 7. The molecule has 0 N–H and O–H groups in total.